The van der Waals surface area contributed by atoms with Gasteiger partial charge in [0.2, 0.25) is 0 Å². The summed E-state index contributed by atoms with van der Waals surface area (Å²) in [5.41, 5.74) is 6.79. The second-order valence-electron chi connectivity index (χ2n) is 6.39. The van der Waals surface area contributed by atoms with Gasteiger partial charge in [0.25, 0.3) is 0 Å². The summed E-state index contributed by atoms with van der Waals surface area (Å²) < 4.78 is 0. The summed E-state index contributed by atoms with van der Waals surface area (Å²) in [5.74, 6) is 0.790. The second kappa shape index (κ2) is 4.56. The zero-order valence-corrected chi connectivity index (χ0v) is 12.5. The minimum Gasteiger partial charge on any atom is -0.321 e. The summed E-state index contributed by atoms with van der Waals surface area (Å²) in [5, 5.41) is 2.90. The van der Waals surface area contributed by atoms with Crippen molar-refractivity contribution < 1.29 is 0 Å². The van der Waals surface area contributed by atoms with Crippen LogP contribution in [0.3, 0.4) is 0 Å². The molecule has 0 aromatic carbocycles. The topological polar surface area (TPSA) is 26.0 Å². The zero-order valence-electron chi connectivity index (χ0n) is 10.9. The molecular formula is C14H22ClNS. The van der Waals surface area contributed by atoms with Crippen LogP contribution >= 0.6 is 22.9 Å². The lowest BCUT2D eigenvalue weighted by Gasteiger charge is -2.41. The minimum absolute atomic E-state index is 0.174. The maximum absolute atomic E-state index is 6.56. The number of rotatable bonds is 1. The Balaban J connectivity index is 2.11. The Morgan fingerprint density at radius 3 is 2.35 bits per heavy atom. The van der Waals surface area contributed by atoms with Gasteiger partial charge in [-0.25, -0.2) is 0 Å². The van der Waals surface area contributed by atoms with Crippen molar-refractivity contribution in [3.05, 3.63) is 21.3 Å². The number of halogens is 1. The Labute approximate surface area is 113 Å². The van der Waals surface area contributed by atoms with Crippen LogP contribution in [-0.4, -0.2) is 0 Å². The van der Waals surface area contributed by atoms with Gasteiger partial charge in [-0.05, 0) is 48.5 Å². The van der Waals surface area contributed by atoms with Gasteiger partial charge in [-0.2, -0.15) is 0 Å². The smallest absolute Gasteiger partial charge is 0.0564 e. The standard InChI is InChI=1S/C14H22ClNS/c1-13(2,3)10-4-7-14(16,8-5-10)12-11(15)6-9-17-12/h6,9-10H,4-5,7-8,16H2,1-3H3. The highest BCUT2D eigenvalue weighted by Gasteiger charge is 2.38. The molecule has 1 fully saturated rings. The average Bonchev–Trinajstić information content (AvgIpc) is 2.64. The highest BCUT2D eigenvalue weighted by Crippen LogP contribution is 2.46. The Hall–Kier alpha value is -0.0500. The first-order chi connectivity index (χ1) is 7.83. The molecule has 0 saturated heterocycles. The largest absolute Gasteiger partial charge is 0.321 e. The van der Waals surface area contributed by atoms with E-state index in [-0.39, 0.29) is 5.54 Å². The molecular weight excluding hydrogens is 250 g/mol. The fourth-order valence-electron chi connectivity index (χ4n) is 2.87. The predicted octanol–water partition coefficient (Wildman–Crippen LogP) is 4.79. The van der Waals surface area contributed by atoms with Gasteiger partial charge >= 0.3 is 0 Å². The Morgan fingerprint density at radius 1 is 1.35 bits per heavy atom. The molecule has 1 aliphatic rings. The monoisotopic (exact) mass is 271 g/mol. The molecule has 1 aromatic rings. The van der Waals surface area contributed by atoms with Crippen molar-refractivity contribution in [2.75, 3.05) is 0 Å². The van der Waals surface area contributed by atoms with Crippen molar-refractivity contribution >= 4 is 22.9 Å². The third-order valence-electron chi connectivity index (χ3n) is 4.17. The highest BCUT2D eigenvalue weighted by atomic mass is 35.5. The summed E-state index contributed by atoms with van der Waals surface area (Å²) >= 11 is 7.93. The minimum atomic E-state index is -0.174. The van der Waals surface area contributed by atoms with E-state index >= 15 is 0 Å². The van der Waals surface area contributed by atoms with Gasteiger partial charge in [-0.1, -0.05) is 32.4 Å². The first kappa shape index (κ1) is 13.4. The summed E-state index contributed by atoms with van der Waals surface area (Å²) in [7, 11) is 0. The Bertz CT molecular complexity index is 383. The van der Waals surface area contributed by atoms with Crippen LogP contribution in [0.15, 0.2) is 11.4 Å². The van der Waals surface area contributed by atoms with Gasteiger partial charge in [-0.15, -0.1) is 11.3 Å². The molecule has 17 heavy (non-hydrogen) atoms. The number of thiophene rings is 1. The fourth-order valence-corrected chi connectivity index (χ4v) is 4.29. The molecule has 96 valence electrons. The van der Waals surface area contributed by atoms with Crippen LogP contribution in [0.4, 0.5) is 0 Å². The van der Waals surface area contributed by atoms with Gasteiger partial charge in [0.05, 0.1) is 10.6 Å². The summed E-state index contributed by atoms with van der Waals surface area (Å²) in [4.78, 5) is 1.19. The molecule has 0 amide bonds. The lowest BCUT2D eigenvalue weighted by atomic mass is 9.67. The van der Waals surface area contributed by atoms with Crippen LogP contribution in [0.2, 0.25) is 5.02 Å². The van der Waals surface area contributed by atoms with Crippen LogP contribution in [0, 0.1) is 11.3 Å². The number of nitrogens with two attached hydrogens (primary N) is 1. The molecule has 0 unspecified atom stereocenters. The van der Waals surface area contributed by atoms with Crippen molar-refractivity contribution in [1.82, 2.24) is 0 Å². The first-order valence-corrected chi connectivity index (χ1v) is 7.61. The lowest BCUT2D eigenvalue weighted by Crippen LogP contribution is -2.42. The van der Waals surface area contributed by atoms with E-state index in [9.17, 15) is 0 Å². The van der Waals surface area contributed by atoms with E-state index in [1.165, 1.54) is 17.7 Å². The van der Waals surface area contributed by atoms with Crippen molar-refractivity contribution in [3.8, 4) is 0 Å². The molecule has 2 rings (SSSR count). The molecule has 3 heteroatoms. The van der Waals surface area contributed by atoms with Gasteiger partial charge < -0.3 is 5.73 Å². The van der Waals surface area contributed by atoms with E-state index in [0.29, 0.717) is 5.41 Å². The van der Waals surface area contributed by atoms with Gasteiger partial charge in [-0.3, -0.25) is 0 Å². The van der Waals surface area contributed by atoms with Crippen LogP contribution in [-0.2, 0) is 5.54 Å². The molecule has 0 atom stereocenters. The predicted molar refractivity (Wildman–Crippen MR) is 76.6 cm³/mol. The quantitative estimate of drug-likeness (QED) is 0.781. The molecule has 1 heterocycles. The average molecular weight is 272 g/mol. The van der Waals surface area contributed by atoms with E-state index in [4.69, 9.17) is 17.3 Å². The van der Waals surface area contributed by atoms with Crippen molar-refractivity contribution in [1.29, 1.82) is 0 Å². The van der Waals surface area contributed by atoms with E-state index < -0.39 is 0 Å². The van der Waals surface area contributed by atoms with Gasteiger partial charge in [0.15, 0.2) is 0 Å². The summed E-state index contributed by atoms with van der Waals surface area (Å²) in [6, 6.07) is 1.96. The maximum atomic E-state index is 6.56. The summed E-state index contributed by atoms with van der Waals surface area (Å²) in [6.45, 7) is 7.00. The zero-order chi connectivity index (χ0) is 12.7. The van der Waals surface area contributed by atoms with Crippen LogP contribution in [0.5, 0.6) is 0 Å². The molecule has 1 nitrogen and oxygen atoms in total. The SMILES string of the molecule is CC(C)(C)C1CCC(N)(c2sccc2Cl)CC1. The summed E-state index contributed by atoms with van der Waals surface area (Å²) in [6.07, 6.45) is 4.56. The molecule has 1 saturated carbocycles. The van der Waals surface area contributed by atoms with E-state index in [0.717, 1.165) is 23.8 Å². The molecule has 2 N–H and O–H groups in total. The third-order valence-corrected chi connectivity index (χ3v) is 5.73. The van der Waals surface area contributed by atoms with Crippen molar-refractivity contribution in [2.24, 2.45) is 17.1 Å². The van der Waals surface area contributed by atoms with Gasteiger partial charge in [0.1, 0.15) is 0 Å². The van der Waals surface area contributed by atoms with Crippen molar-refractivity contribution in [3.63, 3.8) is 0 Å². The normalized spacial score (nSPS) is 30.5. The first-order valence-electron chi connectivity index (χ1n) is 6.35. The van der Waals surface area contributed by atoms with Crippen LogP contribution in [0.25, 0.3) is 0 Å². The van der Waals surface area contributed by atoms with Crippen LogP contribution in [0.1, 0.15) is 51.3 Å². The third kappa shape index (κ3) is 2.69. The number of hydrogen-bond donors (Lipinski definition) is 1. The highest BCUT2D eigenvalue weighted by molar-refractivity contribution is 7.10. The maximum Gasteiger partial charge on any atom is 0.0564 e. The molecule has 0 bridgehead atoms. The van der Waals surface area contributed by atoms with E-state index in [1.807, 2.05) is 11.4 Å². The van der Waals surface area contributed by atoms with Crippen molar-refractivity contribution in [2.45, 2.75) is 52.0 Å². The molecule has 1 aromatic heterocycles. The Morgan fingerprint density at radius 2 is 1.94 bits per heavy atom. The number of hydrogen-bond acceptors (Lipinski definition) is 2. The van der Waals surface area contributed by atoms with E-state index in [1.54, 1.807) is 11.3 Å². The Kier molecular flexibility index (Phi) is 3.59. The molecule has 1 aliphatic carbocycles. The molecule has 0 spiro atoms. The van der Waals surface area contributed by atoms with E-state index in [2.05, 4.69) is 20.8 Å². The van der Waals surface area contributed by atoms with Gasteiger partial charge in [0, 0.05) is 4.88 Å². The lowest BCUT2D eigenvalue weighted by molar-refractivity contribution is 0.135. The fraction of sp³-hybridized carbons (Fsp3) is 0.714. The second-order valence-corrected chi connectivity index (χ2v) is 7.72. The molecule has 0 radical (unpaired) electrons. The van der Waals surface area contributed by atoms with Crippen LogP contribution < -0.4 is 5.73 Å². The molecule has 0 aliphatic heterocycles.